The third kappa shape index (κ3) is 5.86. The van der Waals surface area contributed by atoms with Crippen molar-refractivity contribution in [2.45, 2.75) is 6.42 Å². The van der Waals surface area contributed by atoms with Gasteiger partial charge in [0, 0.05) is 49.5 Å². The maximum absolute atomic E-state index is 5.38. The topological polar surface area (TPSA) is 56.5 Å². The van der Waals surface area contributed by atoms with Gasteiger partial charge in [-0.15, -0.1) is 0 Å². The van der Waals surface area contributed by atoms with Crippen molar-refractivity contribution >= 4 is 43.5 Å². The van der Waals surface area contributed by atoms with E-state index in [1.54, 1.807) is 0 Å². The van der Waals surface area contributed by atoms with Gasteiger partial charge in [0.05, 0.1) is 22.2 Å². The lowest BCUT2D eigenvalue weighted by Crippen LogP contribution is -2.01. The van der Waals surface area contributed by atoms with Gasteiger partial charge >= 0.3 is 0 Å². The van der Waals surface area contributed by atoms with Crippen LogP contribution < -0.4 is 0 Å². The highest BCUT2D eigenvalue weighted by Gasteiger charge is 2.24. The summed E-state index contributed by atoms with van der Waals surface area (Å²) in [5.74, 6) is 1.98. The first-order valence-corrected chi connectivity index (χ1v) is 21.8. The Bertz CT molecular complexity index is 3780. The number of pyridine rings is 1. The van der Waals surface area contributed by atoms with Crippen LogP contribution in [0, 0.1) is 0 Å². The summed E-state index contributed by atoms with van der Waals surface area (Å²) in [6, 6.07) is 75.3. The molecule has 5 heteroatoms. The summed E-state index contributed by atoms with van der Waals surface area (Å²) in [5, 5.41) is 5.82. The van der Waals surface area contributed by atoms with Gasteiger partial charge in [0.2, 0.25) is 0 Å². The summed E-state index contributed by atoms with van der Waals surface area (Å²) in [6.07, 6.45) is 0.851. The van der Waals surface area contributed by atoms with Crippen molar-refractivity contribution in [3.63, 3.8) is 0 Å². The van der Waals surface area contributed by atoms with Crippen LogP contribution in [-0.4, -0.2) is 24.5 Å². The molecule has 0 amide bonds. The molecule has 0 N–H and O–H groups in total. The maximum Gasteiger partial charge on any atom is 0.164 e. The molecular formula is C59H37N5. The van der Waals surface area contributed by atoms with Crippen LogP contribution in [0.1, 0.15) is 11.1 Å². The van der Waals surface area contributed by atoms with E-state index in [4.69, 9.17) is 19.9 Å². The quantitative estimate of drug-likeness (QED) is 0.157. The summed E-state index contributed by atoms with van der Waals surface area (Å²) in [5.41, 5.74) is 16.8. The Morgan fingerprint density at radius 2 is 0.938 bits per heavy atom. The average molecular weight is 816 g/mol. The molecule has 0 fully saturated rings. The van der Waals surface area contributed by atoms with E-state index >= 15 is 0 Å². The Labute approximate surface area is 369 Å². The highest BCUT2D eigenvalue weighted by Crippen LogP contribution is 2.43. The second kappa shape index (κ2) is 14.5. The molecule has 0 aliphatic heterocycles. The highest BCUT2D eigenvalue weighted by molar-refractivity contribution is 6.20. The summed E-state index contributed by atoms with van der Waals surface area (Å²) in [4.78, 5) is 20.8. The largest absolute Gasteiger partial charge is 0.309 e. The third-order valence-corrected chi connectivity index (χ3v) is 12.9. The zero-order chi connectivity index (χ0) is 42.1. The molecular weight excluding hydrogens is 779 g/mol. The fourth-order valence-electron chi connectivity index (χ4n) is 9.84. The first-order chi connectivity index (χ1) is 31.7. The van der Waals surface area contributed by atoms with E-state index in [1.807, 2.05) is 18.2 Å². The summed E-state index contributed by atoms with van der Waals surface area (Å²) < 4.78 is 2.39. The van der Waals surface area contributed by atoms with Crippen LogP contribution in [0.3, 0.4) is 0 Å². The molecule has 5 nitrogen and oxygen atoms in total. The van der Waals surface area contributed by atoms with E-state index in [0.717, 1.165) is 78.4 Å². The molecule has 12 aromatic rings. The van der Waals surface area contributed by atoms with Gasteiger partial charge in [-0.1, -0.05) is 170 Å². The van der Waals surface area contributed by atoms with E-state index in [1.165, 1.54) is 38.5 Å². The lowest BCUT2D eigenvalue weighted by Gasteiger charge is -2.14. The summed E-state index contributed by atoms with van der Waals surface area (Å²) >= 11 is 0. The van der Waals surface area contributed by atoms with Crippen LogP contribution in [0.2, 0.25) is 0 Å². The predicted octanol–water partition coefficient (Wildman–Crippen LogP) is 14.6. The molecule has 1 aliphatic carbocycles. The van der Waals surface area contributed by atoms with Crippen LogP contribution in [0.4, 0.5) is 0 Å². The molecule has 13 rings (SSSR count). The van der Waals surface area contributed by atoms with E-state index in [-0.39, 0.29) is 0 Å². The van der Waals surface area contributed by atoms with Gasteiger partial charge in [-0.3, -0.25) is 0 Å². The van der Waals surface area contributed by atoms with Gasteiger partial charge < -0.3 is 4.57 Å². The fraction of sp³-hybridized carbons (Fsp3) is 0.0169. The fourth-order valence-corrected chi connectivity index (χ4v) is 9.84. The van der Waals surface area contributed by atoms with Crippen molar-refractivity contribution in [1.29, 1.82) is 0 Å². The van der Waals surface area contributed by atoms with E-state index in [0.29, 0.717) is 17.5 Å². The second-order valence-electron chi connectivity index (χ2n) is 16.6. The molecule has 0 saturated carbocycles. The maximum atomic E-state index is 5.38. The highest BCUT2D eigenvalue weighted by atomic mass is 15.0. The van der Waals surface area contributed by atoms with Crippen molar-refractivity contribution < 1.29 is 0 Å². The first kappa shape index (κ1) is 36.1. The minimum absolute atomic E-state index is 0.642. The molecule has 0 saturated heterocycles. The predicted molar refractivity (Wildman–Crippen MR) is 262 cm³/mol. The Kier molecular flexibility index (Phi) is 8.21. The number of rotatable bonds is 6. The van der Waals surface area contributed by atoms with Gasteiger partial charge in [-0.05, 0) is 87.7 Å². The van der Waals surface area contributed by atoms with Crippen LogP contribution in [-0.2, 0) is 6.42 Å². The molecule has 0 radical (unpaired) electrons. The number of aromatic nitrogens is 5. The van der Waals surface area contributed by atoms with Gasteiger partial charge in [0.1, 0.15) is 0 Å². The molecule has 1 aliphatic rings. The monoisotopic (exact) mass is 815 g/mol. The Morgan fingerprint density at radius 1 is 0.328 bits per heavy atom. The molecule has 64 heavy (non-hydrogen) atoms. The molecule has 3 heterocycles. The van der Waals surface area contributed by atoms with Gasteiger partial charge in [0.25, 0.3) is 0 Å². The lowest BCUT2D eigenvalue weighted by atomic mass is 9.95. The number of nitrogens with zero attached hydrogens (tertiary/aromatic N) is 5. The third-order valence-electron chi connectivity index (χ3n) is 12.9. The SMILES string of the molecule is c1ccc(-c2nc(-c3ccc(-c4ccc5nc(-c6ccccc6)c6cc7c8ccccc8n(-c8ccccc8)c7cc6c5c4)cc3)nc(-c3cccc4c3Cc3ccccc3-4)n2)cc1. The Hall–Kier alpha value is -8.54. The minimum Gasteiger partial charge on any atom is -0.309 e. The van der Waals surface area contributed by atoms with E-state index in [2.05, 4.69) is 199 Å². The van der Waals surface area contributed by atoms with Crippen LogP contribution in [0.15, 0.2) is 212 Å². The Morgan fingerprint density at radius 3 is 1.73 bits per heavy atom. The van der Waals surface area contributed by atoms with Crippen molar-refractivity contribution in [1.82, 2.24) is 24.5 Å². The van der Waals surface area contributed by atoms with Gasteiger partial charge in [-0.25, -0.2) is 19.9 Å². The zero-order valence-electron chi connectivity index (χ0n) is 34.7. The number of hydrogen-bond donors (Lipinski definition) is 0. The molecule has 0 spiro atoms. The molecule has 0 unspecified atom stereocenters. The zero-order valence-corrected chi connectivity index (χ0v) is 34.7. The average Bonchev–Trinajstić information content (AvgIpc) is 3.92. The van der Waals surface area contributed by atoms with E-state index in [9.17, 15) is 0 Å². The number of fused-ring (bicyclic) bond motifs is 9. The van der Waals surface area contributed by atoms with Gasteiger partial charge in [-0.2, -0.15) is 0 Å². The molecule has 9 aromatic carbocycles. The molecule has 0 atom stereocenters. The standard InChI is InChI=1S/C59H37N5/c1-4-15-38(16-5-1)56-52-35-51-46-23-12-13-26-54(46)64(43-20-8-3-9-21-43)55(51)36-49(52)50-33-41(31-32-53(50)60-56)37-27-29-40(30-28-37)58-61-57(39-17-6-2-7-18-39)62-59(63-58)47-25-14-24-45-44-22-11-10-19-42(44)34-48(45)47/h1-33,35-36H,34H2. The van der Waals surface area contributed by atoms with Crippen molar-refractivity contribution in [3.8, 4) is 73.4 Å². The first-order valence-electron chi connectivity index (χ1n) is 21.8. The van der Waals surface area contributed by atoms with Gasteiger partial charge in [0.15, 0.2) is 17.5 Å². The smallest absolute Gasteiger partial charge is 0.164 e. The minimum atomic E-state index is 0.642. The molecule has 0 bridgehead atoms. The number of benzene rings is 9. The second-order valence-corrected chi connectivity index (χ2v) is 16.6. The normalized spacial score (nSPS) is 12.0. The van der Waals surface area contributed by atoms with E-state index < -0.39 is 0 Å². The van der Waals surface area contributed by atoms with Crippen LogP contribution in [0.5, 0.6) is 0 Å². The summed E-state index contributed by atoms with van der Waals surface area (Å²) in [6.45, 7) is 0. The Balaban J connectivity index is 0.956. The number of para-hydroxylation sites is 2. The van der Waals surface area contributed by atoms with Crippen LogP contribution in [0.25, 0.3) is 117 Å². The van der Waals surface area contributed by atoms with Crippen LogP contribution >= 0.6 is 0 Å². The van der Waals surface area contributed by atoms with Crippen molar-refractivity contribution in [2.24, 2.45) is 0 Å². The molecule has 298 valence electrons. The lowest BCUT2D eigenvalue weighted by molar-refractivity contribution is 1.07. The van der Waals surface area contributed by atoms with Crippen molar-refractivity contribution in [3.05, 3.63) is 223 Å². The number of hydrogen-bond acceptors (Lipinski definition) is 4. The van der Waals surface area contributed by atoms with Crippen molar-refractivity contribution in [2.75, 3.05) is 0 Å². The summed E-state index contributed by atoms with van der Waals surface area (Å²) in [7, 11) is 0. The molecule has 3 aromatic heterocycles.